The van der Waals surface area contributed by atoms with E-state index < -0.39 is 5.60 Å². The fourth-order valence-electron chi connectivity index (χ4n) is 5.77. The third-order valence-electron chi connectivity index (χ3n) is 7.56. The predicted octanol–water partition coefficient (Wildman–Crippen LogP) is 7.54. The lowest BCUT2D eigenvalue weighted by atomic mass is 9.76. The van der Waals surface area contributed by atoms with Gasteiger partial charge in [-0.05, 0) is 24.0 Å². The second-order valence-electron chi connectivity index (χ2n) is 10.9. The molecule has 1 heterocycles. The Hall–Kier alpha value is -4.31. The zero-order valence-corrected chi connectivity index (χ0v) is 21.8. The molecule has 0 fully saturated rings. The lowest BCUT2D eigenvalue weighted by Gasteiger charge is -2.37. The normalized spacial score (nSPS) is 16.4. The maximum absolute atomic E-state index is 13.0. The van der Waals surface area contributed by atoms with Gasteiger partial charge in [-0.1, -0.05) is 111 Å². The number of benzene rings is 4. The van der Waals surface area contributed by atoms with E-state index in [9.17, 15) is 4.79 Å². The molecule has 0 unspecified atom stereocenters. The molecule has 1 aliphatic heterocycles. The number of hydrogen-bond acceptors (Lipinski definition) is 4. The lowest BCUT2D eigenvalue weighted by molar-refractivity contribution is -0.118. The molecule has 0 atom stereocenters. The molecular weight excluding hydrogens is 468 g/mol. The van der Waals surface area contributed by atoms with Gasteiger partial charge in [0, 0.05) is 40.9 Å². The lowest BCUT2D eigenvalue weighted by Crippen LogP contribution is -2.36. The van der Waals surface area contributed by atoms with Crippen molar-refractivity contribution < 1.29 is 9.53 Å². The van der Waals surface area contributed by atoms with Gasteiger partial charge in [0.25, 0.3) is 0 Å². The number of rotatable bonds is 5. The summed E-state index contributed by atoms with van der Waals surface area (Å²) in [4.78, 5) is 13.0. The van der Waals surface area contributed by atoms with Crippen LogP contribution in [-0.2, 0) is 10.4 Å². The average Bonchev–Trinajstić information content (AvgIpc) is 3.12. The summed E-state index contributed by atoms with van der Waals surface area (Å²) in [6.45, 7) is 4.82. The highest BCUT2D eigenvalue weighted by Gasteiger charge is 2.40. The summed E-state index contributed by atoms with van der Waals surface area (Å²) in [6.07, 6.45) is 1.37. The van der Waals surface area contributed by atoms with Crippen LogP contribution in [0, 0.1) is 5.41 Å². The number of ketones is 1. The Balaban J connectivity index is 1.54. The first-order valence-corrected chi connectivity index (χ1v) is 13.2. The zero-order chi connectivity index (χ0) is 26.2. The molecule has 190 valence electrons. The Kier molecular flexibility index (Phi) is 6.03. The number of para-hydroxylation sites is 1. The third kappa shape index (κ3) is 4.26. The standard InChI is InChI=1S/C34H32N2O2/c1-33(2)21-29-27(30(37)22-33)23-35-28-19-12-20-31(32(28)36-29)38-34(24-13-6-3-7-14-24,25-15-8-4-9-16-25)26-17-10-5-11-18-26/h3-20,35-36H,21-23H2,1-2H3. The summed E-state index contributed by atoms with van der Waals surface area (Å²) in [6, 6.07) is 37.2. The molecule has 4 aromatic carbocycles. The summed E-state index contributed by atoms with van der Waals surface area (Å²) in [5.41, 5.74) is 5.71. The van der Waals surface area contributed by atoms with Gasteiger partial charge in [0.05, 0.1) is 5.69 Å². The van der Waals surface area contributed by atoms with Gasteiger partial charge in [0.15, 0.2) is 11.4 Å². The number of carbonyl (C=O) groups is 1. The van der Waals surface area contributed by atoms with Crippen LogP contribution >= 0.6 is 0 Å². The zero-order valence-electron chi connectivity index (χ0n) is 21.8. The van der Waals surface area contributed by atoms with Crippen molar-refractivity contribution in [3.05, 3.63) is 137 Å². The number of hydrogen-bond donors (Lipinski definition) is 2. The van der Waals surface area contributed by atoms with Crippen molar-refractivity contribution in [1.82, 2.24) is 0 Å². The van der Waals surface area contributed by atoms with Crippen molar-refractivity contribution in [3.8, 4) is 5.75 Å². The molecule has 0 amide bonds. The first-order chi connectivity index (χ1) is 18.5. The van der Waals surface area contributed by atoms with E-state index in [1.807, 2.05) is 36.4 Å². The van der Waals surface area contributed by atoms with Crippen molar-refractivity contribution in [2.75, 3.05) is 17.2 Å². The van der Waals surface area contributed by atoms with Gasteiger partial charge in [-0.15, -0.1) is 0 Å². The third-order valence-corrected chi connectivity index (χ3v) is 7.56. The number of ether oxygens (including phenoxy) is 1. The topological polar surface area (TPSA) is 50.4 Å². The Labute approximate surface area is 224 Å². The van der Waals surface area contributed by atoms with Gasteiger partial charge < -0.3 is 15.4 Å². The van der Waals surface area contributed by atoms with Gasteiger partial charge in [0.2, 0.25) is 0 Å². The van der Waals surface area contributed by atoms with E-state index in [1.165, 1.54) is 0 Å². The van der Waals surface area contributed by atoms with Crippen LogP contribution in [0.2, 0.25) is 0 Å². The summed E-state index contributed by atoms with van der Waals surface area (Å²) >= 11 is 0. The number of anilines is 2. The van der Waals surface area contributed by atoms with Gasteiger partial charge in [0.1, 0.15) is 11.4 Å². The Morgan fingerprint density at radius 3 is 1.82 bits per heavy atom. The molecule has 0 radical (unpaired) electrons. The first kappa shape index (κ1) is 24.1. The second-order valence-corrected chi connectivity index (χ2v) is 10.9. The van der Waals surface area contributed by atoms with Crippen LogP contribution in [0.3, 0.4) is 0 Å². The molecule has 0 spiro atoms. The van der Waals surface area contributed by atoms with E-state index in [0.29, 0.717) is 13.0 Å². The molecule has 38 heavy (non-hydrogen) atoms. The fourth-order valence-corrected chi connectivity index (χ4v) is 5.77. The molecule has 4 nitrogen and oxygen atoms in total. The quantitative estimate of drug-likeness (QED) is 0.278. The van der Waals surface area contributed by atoms with Crippen molar-refractivity contribution in [3.63, 3.8) is 0 Å². The Morgan fingerprint density at radius 2 is 1.26 bits per heavy atom. The number of nitrogens with one attached hydrogen (secondary N) is 2. The van der Waals surface area contributed by atoms with Crippen molar-refractivity contribution in [2.24, 2.45) is 5.41 Å². The average molecular weight is 501 g/mol. The van der Waals surface area contributed by atoms with Gasteiger partial charge in [-0.2, -0.15) is 0 Å². The molecule has 1 aliphatic carbocycles. The van der Waals surface area contributed by atoms with Crippen molar-refractivity contribution >= 4 is 17.2 Å². The first-order valence-electron chi connectivity index (χ1n) is 13.2. The van der Waals surface area contributed by atoms with Crippen LogP contribution < -0.4 is 15.4 Å². The fraction of sp³-hybridized carbons (Fsp3) is 0.206. The maximum Gasteiger partial charge on any atom is 0.184 e. The molecule has 0 bridgehead atoms. The summed E-state index contributed by atoms with van der Waals surface area (Å²) < 4.78 is 7.26. The SMILES string of the molecule is CC1(C)CC(=O)C2=C(C1)Nc1c(cccc1OC(c1ccccc1)(c1ccccc1)c1ccccc1)NC2. The van der Waals surface area contributed by atoms with E-state index in [0.717, 1.165) is 51.5 Å². The number of allylic oxidation sites excluding steroid dienone is 1. The number of Topliss-reactive ketones (excluding diaryl/α,β-unsaturated/α-hetero) is 1. The highest BCUT2D eigenvalue weighted by molar-refractivity contribution is 6.00. The maximum atomic E-state index is 13.0. The Bertz CT molecular complexity index is 1400. The van der Waals surface area contributed by atoms with Crippen LogP contribution in [-0.4, -0.2) is 12.3 Å². The minimum atomic E-state index is -0.897. The largest absolute Gasteiger partial charge is 0.471 e. The van der Waals surface area contributed by atoms with E-state index in [1.54, 1.807) is 0 Å². The minimum absolute atomic E-state index is 0.0922. The summed E-state index contributed by atoms with van der Waals surface area (Å²) in [7, 11) is 0. The van der Waals surface area contributed by atoms with Crippen LogP contribution in [0.1, 0.15) is 43.4 Å². The van der Waals surface area contributed by atoms with Crippen LogP contribution in [0.5, 0.6) is 5.75 Å². The Morgan fingerprint density at radius 1 is 0.711 bits per heavy atom. The minimum Gasteiger partial charge on any atom is -0.471 e. The number of carbonyl (C=O) groups excluding carboxylic acids is 1. The number of fused-ring (bicyclic) bond motifs is 1. The highest BCUT2D eigenvalue weighted by atomic mass is 16.5. The molecule has 0 saturated heterocycles. The molecular formula is C34H32N2O2. The van der Waals surface area contributed by atoms with E-state index in [-0.39, 0.29) is 11.2 Å². The van der Waals surface area contributed by atoms with E-state index in [4.69, 9.17) is 4.74 Å². The predicted molar refractivity (Wildman–Crippen MR) is 153 cm³/mol. The monoisotopic (exact) mass is 500 g/mol. The van der Waals surface area contributed by atoms with Crippen LogP contribution in [0.25, 0.3) is 0 Å². The van der Waals surface area contributed by atoms with E-state index >= 15 is 0 Å². The summed E-state index contributed by atoms with van der Waals surface area (Å²) in [5, 5.41) is 7.17. The highest BCUT2D eigenvalue weighted by Crippen LogP contribution is 2.47. The van der Waals surface area contributed by atoms with Gasteiger partial charge >= 0.3 is 0 Å². The van der Waals surface area contributed by atoms with Crippen molar-refractivity contribution in [2.45, 2.75) is 32.3 Å². The van der Waals surface area contributed by atoms with Gasteiger partial charge in [-0.25, -0.2) is 0 Å². The molecule has 2 aliphatic rings. The molecule has 2 N–H and O–H groups in total. The molecule has 4 aromatic rings. The molecule has 0 aromatic heterocycles. The summed E-state index contributed by atoms with van der Waals surface area (Å²) in [5.74, 6) is 0.926. The van der Waals surface area contributed by atoms with Crippen molar-refractivity contribution in [1.29, 1.82) is 0 Å². The molecule has 4 heteroatoms. The smallest absolute Gasteiger partial charge is 0.184 e. The molecule has 0 saturated carbocycles. The van der Waals surface area contributed by atoms with E-state index in [2.05, 4.69) is 97.3 Å². The van der Waals surface area contributed by atoms with Crippen LogP contribution in [0.15, 0.2) is 120 Å². The van der Waals surface area contributed by atoms with Crippen LogP contribution in [0.4, 0.5) is 11.4 Å². The second kappa shape index (κ2) is 9.53. The molecule has 6 rings (SSSR count). The van der Waals surface area contributed by atoms with Gasteiger partial charge in [-0.3, -0.25) is 4.79 Å².